The highest BCUT2D eigenvalue weighted by Gasteiger charge is 2.06. The van der Waals surface area contributed by atoms with Gasteiger partial charge in [0.05, 0.1) is 5.56 Å². The van der Waals surface area contributed by atoms with Crippen LogP contribution in [0.2, 0.25) is 0 Å². The number of benzene rings is 1. The highest BCUT2D eigenvalue weighted by molar-refractivity contribution is 5.87. The van der Waals surface area contributed by atoms with Crippen LogP contribution in [0, 0.1) is 5.82 Å². The Labute approximate surface area is 63.1 Å². The highest BCUT2D eigenvalue weighted by atomic mass is 19.1. The standard InChI is InChI=1S/C7H5FO2.H3N/c8-6-4-2-1-3-5(6)7(9)10;/h1-4H,(H,9,10);1H3. The van der Waals surface area contributed by atoms with E-state index in [2.05, 4.69) is 0 Å². The Morgan fingerprint density at radius 3 is 2.27 bits per heavy atom. The number of hydrogen-bond donors (Lipinski definition) is 2. The summed E-state index contributed by atoms with van der Waals surface area (Å²) in [7, 11) is 0. The van der Waals surface area contributed by atoms with E-state index < -0.39 is 11.8 Å². The van der Waals surface area contributed by atoms with Crippen LogP contribution in [0.15, 0.2) is 24.3 Å². The summed E-state index contributed by atoms with van der Waals surface area (Å²) in [4.78, 5) is 10.2. The van der Waals surface area contributed by atoms with Crippen LogP contribution in [0.3, 0.4) is 0 Å². The number of rotatable bonds is 1. The van der Waals surface area contributed by atoms with Crippen LogP contribution in [-0.2, 0) is 0 Å². The van der Waals surface area contributed by atoms with Crippen molar-refractivity contribution in [2.45, 2.75) is 0 Å². The maximum Gasteiger partial charge on any atom is 0.338 e. The molecule has 3 nitrogen and oxygen atoms in total. The first kappa shape index (κ1) is 9.58. The van der Waals surface area contributed by atoms with E-state index in [1.807, 2.05) is 0 Å². The molecule has 0 radical (unpaired) electrons. The van der Waals surface area contributed by atoms with Crippen LogP contribution in [0.5, 0.6) is 0 Å². The van der Waals surface area contributed by atoms with Crippen molar-refractivity contribution in [3.63, 3.8) is 0 Å². The first-order chi connectivity index (χ1) is 4.72. The van der Waals surface area contributed by atoms with Gasteiger partial charge in [0.1, 0.15) is 5.82 Å². The van der Waals surface area contributed by atoms with Crippen molar-refractivity contribution < 1.29 is 14.3 Å². The zero-order valence-electron chi connectivity index (χ0n) is 5.75. The Balaban J connectivity index is 0.000001000. The predicted molar refractivity (Wildman–Crippen MR) is 38.4 cm³/mol. The van der Waals surface area contributed by atoms with Gasteiger partial charge in [0.15, 0.2) is 0 Å². The molecular formula is C7H8FNO2. The number of carboxylic acid groups (broad SMARTS) is 1. The first-order valence-corrected chi connectivity index (χ1v) is 2.69. The van der Waals surface area contributed by atoms with Gasteiger partial charge in [0.25, 0.3) is 0 Å². The van der Waals surface area contributed by atoms with E-state index in [0.29, 0.717) is 0 Å². The van der Waals surface area contributed by atoms with Gasteiger partial charge >= 0.3 is 5.97 Å². The van der Waals surface area contributed by atoms with E-state index in [0.717, 1.165) is 6.07 Å². The number of halogens is 1. The molecule has 1 rings (SSSR count). The highest BCUT2D eigenvalue weighted by Crippen LogP contribution is 2.04. The molecule has 1 aromatic carbocycles. The molecule has 11 heavy (non-hydrogen) atoms. The lowest BCUT2D eigenvalue weighted by Crippen LogP contribution is -1.98. The van der Waals surface area contributed by atoms with Gasteiger partial charge in [-0.05, 0) is 12.1 Å². The van der Waals surface area contributed by atoms with Gasteiger partial charge in [-0.1, -0.05) is 12.1 Å². The average Bonchev–Trinajstić information content (AvgIpc) is 1.88. The minimum Gasteiger partial charge on any atom is -0.478 e. The third-order valence-electron chi connectivity index (χ3n) is 1.10. The van der Waals surface area contributed by atoms with Crippen molar-refractivity contribution >= 4 is 5.97 Å². The summed E-state index contributed by atoms with van der Waals surface area (Å²) in [5, 5.41) is 8.33. The predicted octanol–water partition coefficient (Wildman–Crippen LogP) is 1.69. The van der Waals surface area contributed by atoms with Gasteiger partial charge in [-0.3, -0.25) is 0 Å². The van der Waals surface area contributed by atoms with Crippen molar-refractivity contribution in [3.8, 4) is 0 Å². The molecule has 0 bridgehead atoms. The van der Waals surface area contributed by atoms with Gasteiger partial charge in [0.2, 0.25) is 0 Å². The summed E-state index contributed by atoms with van der Waals surface area (Å²) in [6, 6.07) is 5.26. The van der Waals surface area contributed by atoms with E-state index >= 15 is 0 Å². The van der Waals surface area contributed by atoms with Crippen molar-refractivity contribution in [1.82, 2.24) is 6.15 Å². The topological polar surface area (TPSA) is 72.3 Å². The molecule has 60 valence electrons. The summed E-state index contributed by atoms with van der Waals surface area (Å²) in [5.74, 6) is -1.94. The minimum atomic E-state index is -1.24. The largest absolute Gasteiger partial charge is 0.478 e. The molecule has 0 aliphatic heterocycles. The summed E-state index contributed by atoms with van der Waals surface area (Å²) in [6.45, 7) is 0. The Morgan fingerprint density at radius 1 is 1.36 bits per heavy atom. The zero-order valence-corrected chi connectivity index (χ0v) is 5.75. The van der Waals surface area contributed by atoms with E-state index in [1.165, 1.54) is 18.2 Å². The molecule has 1 aromatic rings. The van der Waals surface area contributed by atoms with Crippen LogP contribution < -0.4 is 6.15 Å². The molecule has 0 aliphatic rings. The van der Waals surface area contributed by atoms with Crippen LogP contribution >= 0.6 is 0 Å². The molecule has 0 aromatic heterocycles. The quantitative estimate of drug-likeness (QED) is 0.651. The molecule has 0 unspecified atom stereocenters. The SMILES string of the molecule is N.O=C(O)c1ccccc1F. The number of carboxylic acids is 1. The van der Waals surface area contributed by atoms with Crippen molar-refractivity contribution in [2.24, 2.45) is 0 Å². The maximum absolute atomic E-state index is 12.5. The van der Waals surface area contributed by atoms with Gasteiger partial charge in [-0.2, -0.15) is 0 Å². The van der Waals surface area contributed by atoms with Gasteiger partial charge < -0.3 is 11.3 Å². The zero-order chi connectivity index (χ0) is 7.56. The van der Waals surface area contributed by atoms with E-state index in [1.54, 1.807) is 0 Å². The summed E-state index contributed by atoms with van der Waals surface area (Å²) < 4.78 is 12.5. The number of aromatic carboxylic acids is 1. The fraction of sp³-hybridized carbons (Fsp3) is 0. The van der Waals surface area contributed by atoms with Crippen molar-refractivity contribution in [3.05, 3.63) is 35.6 Å². The molecule has 0 spiro atoms. The van der Waals surface area contributed by atoms with Crippen LogP contribution in [0.1, 0.15) is 10.4 Å². The van der Waals surface area contributed by atoms with Crippen molar-refractivity contribution in [2.75, 3.05) is 0 Å². The summed E-state index contributed by atoms with van der Waals surface area (Å²) >= 11 is 0. The molecule has 4 N–H and O–H groups in total. The van der Waals surface area contributed by atoms with Crippen LogP contribution in [0.25, 0.3) is 0 Å². The average molecular weight is 157 g/mol. The third-order valence-corrected chi connectivity index (χ3v) is 1.10. The molecule has 0 atom stereocenters. The fourth-order valence-corrected chi connectivity index (χ4v) is 0.635. The molecule has 4 heteroatoms. The molecule has 0 saturated carbocycles. The second-order valence-corrected chi connectivity index (χ2v) is 1.78. The van der Waals surface area contributed by atoms with E-state index in [9.17, 15) is 9.18 Å². The fourth-order valence-electron chi connectivity index (χ4n) is 0.635. The molecule has 0 heterocycles. The van der Waals surface area contributed by atoms with Crippen LogP contribution in [0.4, 0.5) is 4.39 Å². The van der Waals surface area contributed by atoms with Crippen LogP contribution in [-0.4, -0.2) is 11.1 Å². The monoisotopic (exact) mass is 157 g/mol. The number of carbonyl (C=O) groups is 1. The maximum atomic E-state index is 12.5. The van der Waals surface area contributed by atoms with Gasteiger partial charge in [0, 0.05) is 0 Å². The van der Waals surface area contributed by atoms with Crippen molar-refractivity contribution in [1.29, 1.82) is 0 Å². The Hall–Kier alpha value is -1.42. The van der Waals surface area contributed by atoms with Gasteiger partial charge in [-0.25, -0.2) is 9.18 Å². The minimum absolute atomic E-state index is 0. The Bertz CT molecular complexity index is 262. The smallest absolute Gasteiger partial charge is 0.338 e. The van der Waals surface area contributed by atoms with E-state index in [-0.39, 0.29) is 11.7 Å². The summed E-state index contributed by atoms with van der Waals surface area (Å²) in [5.41, 5.74) is -0.289. The molecule has 0 fully saturated rings. The lowest BCUT2D eigenvalue weighted by Gasteiger charge is -1.92. The summed E-state index contributed by atoms with van der Waals surface area (Å²) in [6.07, 6.45) is 0. The first-order valence-electron chi connectivity index (χ1n) is 2.69. The normalized spacial score (nSPS) is 8.45. The lowest BCUT2D eigenvalue weighted by molar-refractivity contribution is 0.0692. The molecular weight excluding hydrogens is 149 g/mol. The molecule has 0 aliphatic carbocycles. The molecule has 0 amide bonds. The number of hydrogen-bond acceptors (Lipinski definition) is 2. The molecule has 0 saturated heterocycles. The Kier molecular flexibility index (Phi) is 3.20. The second-order valence-electron chi connectivity index (χ2n) is 1.78. The lowest BCUT2D eigenvalue weighted by atomic mass is 10.2. The second kappa shape index (κ2) is 3.68. The van der Waals surface area contributed by atoms with Gasteiger partial charge in [-0.15, -0.1) is 0 Å². The van der Waals surface area contributed by atoms with E-state index in [4.69, 9.17) is 5.11 Å². The third kappa shape index (κ3) is 2.01. The Morgan fingerprint density at radius 2 is 1.91 bits per heavy atom.